The second-order valence-electron chi connectivity index (χ2n) is 10.1. The van der Waals surface area contributed by atoms with Crippen molar-refractivity contribution in [1.29, 1.82) is 0 Å². The summed E-state index contributed by atoms with van der Waals surface area (Å²) in [6.45, 7) is 8.08. The van der Waals surface area contributed by atoms with E-state index < -0.39 is 12.0 Å². The fraction of sp³-hybridized carbons (Fsp3) is 0.333. The zero-order valence-corrected chi connectivity index (χ0v) is 23.2. The van der Waals surface area contributed by atoms with E-state index in [1.807, 2.05) is 60.4 Å². The number of carbonyl (C=O) groups is 2. The van der Waals surface area contributed by atoms with Gasteiger partial charge in [-0.15, -0.1) is 0 Å². The Balaban J connectivity index is 1.62. The van der Waals surface area contributed by atoms with Crippen LogP contribution < -0.4 is 19.9 Å². The number of hydrogen-bond acceptors (Lipinski definition) is 5. The van der Waals surface area contributed by atoms with Gasteiger partial charge in [-0.2, -0.15) is 0 Å². The molecule has 0 saturated heterocycles. The Labute approximate surface area is 231 Å². The maximum absolute atomic E-state index is 14.1. The fourth-order valence-electron chi connectivity index (χ4n) is 5.94. The summed E-state index contributed by atoms with van der Waals surface area (Å²) in [4.78, 5) is 31.8. The molecule has 1 heterocycles. The summed E-state index contributed by atoms with van der Waals surface area (Å²) < 4.78 is 5.39. The second-order valence-corrected chi connectivity index (χ2v) is 10.1. The highest BCUT2D eigenvalue weighted by atomic mass is 16.5. The zero-order chi connectivity index (χ0) is 27.5. The van der Waals surface area contributed by atoms with Gasteiger partial charge in [0.2, 0.25) is 5.91 Å². The molecular formula is C33H37N3O3. The first-order valence-corrected chi connectivity index (χ1v) is 13.9. The van der Waals surface area contributed by atoms with Gasteiger partial charge in [0.25, 0.3) is 0 Å². The molecule has 202 valence electrons. The van der Waals surface area contributed by atoms with Crippen LogP contribution in [0.2, 0.25) is 0 Å². The number of amides is 1. The highest BCUT2D eigenvalue weighted by Crippen LogP contribution is 2.48. The average molecular weight is 524 g/mol. The number of Topliss-reactive ketones (excluding diaryl/α,β-unsaturated/α-hetero) is 1. The van der Waals surface area contributed by atoms with Crippen LogP contribution in [0.1, 0.15) is 56.7 Å². The predicted molar refractivity (Wildman–Crippen MR) is 158 cm³/mol. The summed E-state index contributed by atoms with van der Waals surface area (Å²) in [5.41, 5.74) is 5.68. The molecule has 1 aliphatic carbocycles. The molecule has 0 aromatic heterocycles. The average Bonchev–Trinajstić information content (AvgIpc) is 3.12. The van der Waals surface area contributed by atoms with Crippen molar-refractivity contribution in [2.45, 2.75) is 45.6 Å². The van der Waals surface area contributed by atoms with E-state index in [1.54, 1.807) is 7.11 Å². The van der Waals surface area contributed by atoms with E-state index >= 15 is 0 Å². The maximum Gasteiger partial charge on any atom is 0.227 e. The van der Waals surface area contributed by atoms with Crippen molar-refractivity contribution < 1.29 is 14.3 Å². The van der Waals surface area contributed by atoms with Crippen LogP contribution >= 0.6 is 0 Å². The zero-order valence-electron chi connectivity index (χ0n) is 23.2. The number of ketones is 1. The van der Waals surface area contributed by atoms with E-state index in [2.05, 4.69) is 54.4 Å². The van der Waals surface area contributed by atoms with E-state index in [0.29, 0.717) is 12.8 Å². The lowest BCUT2D eigenvalue weighted by Crippen LogP contribution is -2.42. The van der Waals surface area contributed by atoms with Gasteiger partial charge in [0, 0.05) is 43.2 Å². The number of hydrogen-bond donors (Lipinski definition) is 1. The number of carbonyl (C=O) groups excluding carboxylic acids is 2. The quantitative estimate of drug-likeness (QED) is 0.373. The van der Waals surface area contributed by atoms with Gasteiger partial charge in [0.1, 0.15) is 11.5 Å². The first-order valence-electron chi connectivity index (χ1n) is 13.9. The van der Waals surface area contributed by atoms with E-state index in [9.17, 15) is 9.59 Å². The van der Waals surface area contributed by atoms with Crippen LogP contribution in [0.4, 0.5) is 17.1 Å². The number of anilines is 3. The topological polar surface area (TPSA) is 61.9 Å². The van der Waals surface area contributed by atoms with Crippen LogP contribution in [0, 0.1) is 5.92 Å². The summed E-state index contributed by atoms with van der Waals surface area (Å²) >= 11 is 0. The van der Waals surface area contributed by atoms with Gasteiger partial charge >= 0.3 is 0 Å². The minimum atomic E-state index is -0.507. The summed E-state index contributed by atoms with van der Waals surface area (Å²) in [7, 11) is 1.63. The monoisotopic (exact) mass is 523 g/mol. The fourth-order valence-corrected chi connectivity index (χ4v) is 5.94. The van der Waals surface area contributed by atoms with Crippen molar-refractivity contribution >= 4 is 28.8 Å². The Morgan fingerprint density at radius 3 is 2.26 bits per heavy atom. The molecule has 6 heteroatoms. The molecule has 6 nitrogen and oxygen atoms in total. The molecule has 0 saturated carbocycles. The van der Waals surface area contributed by atoms with Gasteiger partial charge in [-0.3, -0.25) is 9.59 Å². The summed E-state index contributed by atoms with van der Waals surface area (Å²) in [5.74, 6) is 0.290. The first kappa shape index (κ1) is 26.5. The predicted octanol–water partition coefficient (Wildman–Crippen LogP) is 6.71. The van der Waals surface area contributed by atoms with E-state index in [4.69, 9.17) is 4.74 Å². The molecule has 5 rings (SSSR count). The summed E-state index contributed by atoms with van der Waals surface area (Å²) in [5, 5.41) is 3.58. The van der Waals surface area contributed by atoms with Gasteiger partial charge in [-0.05, 0) is 61.4 Å². The normalized spacial score (nSPS) is 20.2. The van der Waals surface area contributed by atoms with Crippen LogP contribution in [0.15, 0.2) is 84.6 Å². The van der Waals surface area contributed by atoms with E-state index in [1.165, 1.54) is 5.69 Å². The Hall–Kier alpha value is -4.06. The smallest absolute Gasteiger partial charge is 0.227 e. The largest absolute Gasteiger partial charge is 0.497 e. The van der Waals surface area contributed by atoms with Crippen LogP contribution in [-0.2, 0) is 9.59 Å². The number of rotatable bonds is 7. The van der Waals surface area contributed by atoms with Crippen molar-refractivity contribution in [2.24, 2.45) is 5.92 Å². The first-order chi connectivity index (χ1) is 19.0. The van der Waals surface area contributed by atoms with Crippen LogP contribution in [0.5, 0.6) is 5.75 Å². The number of ether oxygens (including phenoxy) is 1. The number of nitrogens with zero attached hydrogens (tertiary/aromatic N) is 2. The molecule has 0 spiro atoms. The molecule has 1 amide bonds. The highest BCUT2D eigenvalue weighted by Gasteiger charge is 2.44. The minimum Gasteiger partial charge on any atom is -0.497 e. The Kier molecular flexibility index (Phi) is 7.73. The number of allylic oxidation sites excluding steroid dienone is 1. The van der Waals surface area contributed by atoms with Crippen molar-refractivity contribution in [3.8, 4) is 5.75 Å². The molecule has 3 unspecified atom stereocenters. The number of fused-ring (bicyclic) bond motifs is 2. The molecule has 0 fully saturated rings. The Morgan fingerprint density at radius 1 is 0.949 bits per heavy atom. The number of para-hydroxylation sites is 2. The lowest BCUT2D eigenvalue weighted by Gasteiger charge is -2.37. The van der Waals surface area contributed by atoms with Crippen molar-refractivity contribution in [3.63, 3.8) is 0 Å². The standard InChI is InChI=1S/C33H37N3O3/c1-5-31(38)36-29-11-9-8-10-27(29)34-28-20-24(22-12-16-25(17-13-22)35(6-2)7-3)21-30(37)32(28)33(36)23-14-18-26(39-4)19-15-23/h8-20,24,32-34H,5-7,21H2,1-4H3. The van der Waals surface area contributed by atoms with Gasteiger partial charge in [0.05, 0.1) is 30.4 Å². The third-order valence-electron chi connectivity index (χ3n) is 8.00. The molecule has 39 heavy (non-hydrogen) atoms. The van der Waals surface area contributed by atoms with Crippen LogP contribution in [-0.4, -0.2) is 31.9 Å². The molecule has 1 aliphatic heterocycles. The van der Waals surface area contributed by atoms with Gasteiger partial charge < -0.3 is 19.9 Å². The Morgan fingerprint density at radius 2 is 1.62 bits per heavy atom. The molecule has 1 N–H and O–H groups in total. The molecule has 3 aromatic rings. The number of benzene rings is 3. The van der Waals surface area contributed by atoms with Gasteiger partial charge in [-0.25, -0.2) is 0 Å². The van der Waals surface area contributed by atoms with E-state index in [-0.39, 0.29) is 17.6 Å². The van der Waals surface area contributed by atoms with Crippen molar-refractivity contribution in [3.05, 3.63) is 95.7 Å². The molecular weight excluding hydrogens is 486 g/mol. The van der Waals surface area contributed by atoms with Crippen molar-refractivity contribution in [1.82, 2.24) is 0 Å². The van der Waals surface area contributed by atoms with Crippen LogP contribution in [0.3, 0.4) is 0 Å². The Bertz CT molecular complexity index is 1360. The third kappa shape index (κ3) is 5.03. The third-order valence-corrected chi connectivity index (χ3v) is 8.00. The molecule has 2 aliphatic rings. The summed E-state index contributed by atoms with van der Waals surface area (Å²) in [6, 6.07) is 23.7. The van der Waals surface area contributed by atoms with Gasteiger partial charge in [0.15, 0.2) is 0 Å². The second kappa shape index (κ2) is 11.4. The number of nitrogens with one attached hydrogen (secondary N) is 1. The highest BCUT2D eigenvalue weighted by molar-refractivity contribution is 6.01. The minimum absolute atomic E-state index is 0.0202. The SMILES string of the molecule is CCC(=O)N1c2ccccc2NC2=CC(c3ccc(N(CC)CC)cc3)CC(=O)C2C1c1ccc(OC)cc1. The van der Waals surface area contributed by atoms with Crippen LogP contribution in [0.25, 0.3) is 0 Å². The molecule has 0 bridgehead atoms. The van der Waals surface area contributed by atoms with E-state index in [0.717, 1.165) is 47.0 Å². The van der Waals surface area contributed by atoms with Crippen molar-refractivity contribution in [2.75, 3.05) is 35.3 Å². The molecule has 0 radical (unpaired) electrons. The maximum atomic E-state index is 14.1. The number of methoxy groups -OCH3 is 1. The molecule has 3 aromatic carbocycles. The van der Waals surface area contributed by atoms with Gasteiger partial charge in [-0.1, -0.05) is 49.4 Å². The lowest BCUT2D eigenvalue weighted by atomic mass is 9.76. The lowest BCUT2D eigenvalue weighted by molar-refractivity contribution is -0.123. The molecule has 3 atom stereocenters. The summed E-state index contributed by atoms with van der Waals surface area (Å²) in [6.07, 6.45) is 2.92.